The van der Waals surface area contributed by atoms with Gasteiger partial charge in [0, 0.05) is 11.8 Å². The predicted octanol–water partition coefficient (Wildman–Crippen LogP) is 3.78. The van der Waals surface area contributed by atoms with E-state index in [1.807, 2.05) is 48.5 Å². The van der Waals surface area contributed by atoms with E-state index >= 15 is 0 Å². The molecule has 3 rings (SSSR count). The minimum absolute atomic E-state index is 0.152. The van der Waals surface area contributed by atoms with Crippen molar-refractivity contribution in [3.63, 3.8) is 0 Å². The number of hydrogen-bond donors (Lipinski definition) is 2. The molecule has 0 aliphatic rings. The summed E-state index contributed by atoms with van der Waals surface area (Å²) < 4.78 is 28.5. The quantitative estimate of drug-likeness (QED) is 0.634. The Morgan fingerprint density at radius 3 is 2.41 bits per heavy atom. The summed E-state index contributed by atoms with van der Waals surface area (Å²) in [4.78, 5) is 11.8. The van der Waals surface area contributed by atoms with Crippen LogP contribution in [0.15, 0.2) is 70.9 Å². The van der Waals surface area contributed by atoms with E-state index in [1.54, 1.807) is 18.2 Å². The molecule has 1 amide bonds. The highest BCUT2D eigenvalue weighted by molar-refractivity contribution is 7.94. The van der Waals surface area contributed by atoms with Gasteiger partial charge in [0.25, 0.3) is 10.0 Å². The van der Waals surface area contributed by atoms with Crippen LogP contribution in [0.4, 0.5) is 5.69 Å². The zero-order chi connectivity index (χ0) is 19.3. The van der Waals surface area contributed by atoms with E-state index < -0.39 is 10.0 Å². The molecule has 5 nitrogen and oxygen atoms in total. The lowest BCUT2D eigenvalue weighted by atomic mass is 10.0. The Hall–Kier alpha value is -2.64. The van der Waals surface area contributed by atoms with Gasteiger partial charge in [0.2, 0.25) is 5.91 Å². The van der Waals surface area contributed by atoms with Gasteiger partial charge in [-0.1, -0.05) is 48.5 Å². The monoisotopic (exact) mass is 400 g/mol. The SMILES string of the molecule is CC(=O)NCc1ccc(S(=O)(=O)Nc2ccccc2Cc2ccccc2)s1. The summed E-state index contributed by atoms with van der Waals surface area (Å²) in [6.45, 7) is 1.75. The summed E-state index contributed by atoms with van der Waals surface area (Å²) in [5.41, 5.74) is 2.58. The minimum Gasteiger partial charge on any atom is -0.351 e. The van der Waals surface area contributed by atoms with Crippen LogP contribution in [-0.4, -0.2) is 14.3 Å². The summed E-state index contributed by atoms with van der Waals surface area (Å²) in [6.07, 6.45) is 0.637. The number of sulfonamides is 1. The molecule has 0 spiro atoms. The molecule has 27 heavy (non-hydrogen) atoms. The van der Waals surface area contributed by atoms with E-state index in [-0.39, 0.29) is 10.1 Å². The normalized spacial score (nSPS) is 11.1. The molecule has 0 fully saturated rings. The highest BCUT2D eigenvalue weighted by Gasteiger charge is 2.18. The number of benzene rings is 2. The number of amides is 1. The fraction of sp³-hybridized carbons (Fsp3) is 0.150. The zero-order valence-corrected chi connectivity index (χ0v) is 16.4. The molecule has 0 saturated heterocycles. The van der Waals surface area contributed by atoms with Crippen LogP contribution in [-0.2, 0) is 27.8 Å². The molecular weight excluding hydrogens is 380 g/mol. The molecule has 0 bridgehead atoms. The zero-order valence-electron chi connectivity index (χ0n) is 14.8. The van der Waals surface area contributed by atoms with E-state index in [0.717, 1.165) is 27.3 Å². The number of para-hydroxylation sites is 1. The lowest BCUT2D eigenvalue weighted by molar-refractivity contribution is -0.119. The Kier molecular flexibility index (Phi) is 5.93. The van der Waals surface area contributed by atoms with Gasteiger partial charge in [-0.25, -0.2) is 8.42 Å². The maximum atomic E-state index is 12.8. The van der Waals surface area contributed by atoms with E-state index in [1.165, 1.54) is 6.92 Å². The molecule has 1 heterocycles. The van der Waals surface area contributed by atoms with Crippen LogP contribution in [0.3, 0.4) is 0 Å². The van der Waals surface area contributed by atoms with Crippen molar-refractivity contribution in [3.8, 4) is 0 Å². The Bertz CT molecular complexity index is 1030. The first kappa shape index (κ1) is 19.1. The molecule has 7 heteroatoms. The predicted molar refractivity (Wildman–Crippen MR) is 108 cm³/mol. The average molecular weight is 401 g/mol. The van der Waals surface area contributed by atoms with Crippen LogP contribution < -0.4 is 10.0 Å². The number of anilines is 1. The first-order chi connectivity index (χ1) is 12.9. The third kappa shape index (κ3) is 5.18. The summed E-state index contributed by atoms with van der Waals surface area (Å²) >= 11 is 1.15. The highest BCUT2D eigenvalue weighted by Crippen LogP contribution is 2.26. The van der Waals surface area contributed by atoms with Crippen molar-refractivity contribution >= 4 is 33.0 Å². The number of thiophene rings is 1. The molecule has 0 atom stereocenters. The second-order valence-corrected chi connectivity index (χ2v) is 9.13. The first-order valence-corrected chi connectivity index (χ1v) is 10.7. The van der Waals surface area contributed by atoms with Gasteiger partial charge in [0.15, 0.2) is 0 Å². The Labute approximate surface area is 163 Å². The lowest BCUT2D eigenvalue weighted by Gasteiger charge is -2.12. The van der Waals surface area contributed by atoms with Gasteiger partial charge in [0.1, 0.15) is 4.21 Å². The minimum atomic E-state index is -3.69. The summed E-state index contributed by atoms with van der Waals surface area (Å²) in [5, 5.41) is 2.67. The Balaban J connectivity index is 1.79. The molecule has 0 radical (unpaired) electrons. The van der Waals surface area contributed by atoms with E-state index in [0.29, 0.717) is 18.7 Å². The van der Waals surface area contributed by atoms with Crippen LogP contribution >= 0.6 is 11.3 Å². The maximum absolute atomic E-state index is 12.8. The molecule has 0 saturated carbocycles. The maximum Gasteiger partial charge on any atom is 0.271 e. The van der Waals surface area contributed by atoms with Crippen LogP contribution in [0.1, 0.15) is 22.9 Å². The largest absolute Gasteiger partial charge is 0.351 e. The molecule has 2 N–H and O–H groups in total. The van der Waals surface area contributed by atoms with Gasteiger partial charge in [-0.05, 0) is 35.7 Å². The third-order valence-corrected chi connectivity index (χ3v) is 6.86. The molecular formula is C20H20N2O3S2. The topological polar surface area (TPSA) is 75.3 Å². The van der Waals surface area contributed by atoms with Crippen molar-refractivity contribution < 1.29 is 13.2 Å². The molecule has 140 valence electrons. The molecule has 1 aromatic heterocycles. The van der Waals surface area contributed by atoms with Crippen molar-refractivity contribution in [1.29, 1.82) is 0 Å². The number of carbonyl (C=O) groups is 1. The third-order valence-electron chi connectivity index (χ3n) is 3.91. The Morgan fingerprint density at radius 1 is 0.963 bits per heavy atom. The van der Waals surface area contributed by atoms with Gasteiger partial charge >= 0.3 is 0 Å². The van der Waals surface area contributed by atoms with Crippen molar-refractivity contribution in [2.75, 3.05) is 4.72 Å². The molecule has 2 aromatic carbocycles. The second-order valence-electron chi connectivity index (χ2n) is 6.06. The summed E-state index contributed by atoms with van der Waals surface area (Å²) in [5.74, 6) is -0.152. The first-order valence-electron chi connectivity index (χ1n) is 8.42. The van der Waals surface area contributed by atoms with Crippen molar-refractivity contribution in [1.82, 2.24) is 5.32 Å². The van der Waals surface area contributed by atoms with Crippen molar-refractivity contribution in [2.45, 2.75) is 24.1 Å². The van der Waals surface area contributed by atoms with E-state index in [2.05, 4.69) is 10.0 Å². The lowest BCUT2D eigenvalue weighted by Crippen LogP contribution is -2.18. The van der Waals surface area contributed by atoms with Gasteiger partial charge in [-0.15, -0.1) is 11.3 Å². The smallest absolute Gasteiger partial charge is 0.271 e. The molecule has 3 aromatic rings. The summed E-state index contributed by atoms with van der Waals surface area (Å²) in [7, 11) is -3.69. The fourth-order valence-corrected chi connectivity index (χ4v) is 4.99. The van der Waals surface area contributed by atoms with Gasteiger partial charge in [-0.2, -0.15) is 0 Å². The number of nitrogens with one attached hydrogen (secondary N) is 2. The van der Waals surface area contributed by atoms with Gasteiger partial charge in [-0.3, -0.25) is 9.52 Å². The van der Waals surface area contributed by atoms with E-state index in [4.69, 9.17) is 0 Å². The number of carbonyl (C=O) groups excluding carboxylic acids is 1. The highest BCUT2D eigenvalue weighted by atomic mass is 32.2. The fourth-order valence-electron chi connectivity index (χ4n) is 2.59. The second kappa shape index (κ2) is 8.37. The van der Waals surface area contributed by atoms with Gasteiger partial charge < -0.3 is 5.32 Å². The van der Waals surface area contributed by atoms with Gasteiger partial charge in [0.05, 0.1) is 12.2 Å². The summed E-state index contributed by atoms with van der Waals surface area (Å²) in [6, 6.07) is 20.6. The standard InChI is InChI=1S/C20H20N2O3S2/c1-15(23)21-14-18-11-12-20(26-18)27(24,25)22-19-10-6-5-9-17(19)13-16-7-3-2-4-8-16/h2-12,22H,13-14H2,1H3,(H,21,23). The number of hydrogen-bond acceptors (Lipinski definition) is 4. The number of rotatable bonds is 7. The van der Waals surface area contributed by atoms with Crippen LogP contribution in [0.2, 0.25) is 0 Å². The van der Waals surface area contributed by atoms with Crippen LogP contribution in [0.5, 0.6) is 0 Å². The molecule has 0 aliphatic heterocycles. The Morgan fingerprint density at radius 2 is 1.67 bits per heavy atom. The van der Waals surface area contributed by atoms with Crippen molar-refractivity contribution in [3.05, 3.63) is 82.7 Å². The van der Waals surface area contributed by atoms with Crippen LogP contribution in [0.25, 0.3) is 0 Å². The molecule has 0 aliphatic carbocycles. The van der Waals surface area contributed by atoms with Crippen LogP contribution in [0, 0.1) is 0 Å². The average Bonchev–Trinajstić information content (AvgIpc) is 3.12. The van der Waals surface area contributed by atoms with E-state index in [9.17, 15) is 13.2 Å². The van der Waals surface area contributed by atoms with Crippen molar-refractivity contribution in [2.24, 2.45) is 0 Å². The molecule has 0 unspecified atom stereocenters.